The highest BCUT2D eigenvalue weighted by Crippen LogP contribution is 2.41. The van der Waals surface area contributed by atoms with Crippen molar-refractivity contribution in [2.75, 3.05) is 5.75 Å². The van der Waals surface area contributed by atoms with Crippen molar-refractivity contribution >= 4 is 33.3 Å². The van der Waals surface area contributed by atoms with Crippen LogP contribution in [0.1, 0.15) is 17.8 Å². The average molecular weight is 260 g/mol. The summed E-state index contributed by atoms with van der Waals surface area (Å²) in [4.78, 5) is 4.62. The Labute approximate surface area is 109 Å². The quantitative estimate of drug-likeness (QED) is 0.827. The molecule has 1 atom stereocenters. The van der Waals surface area contributed by atoms with E-state index < -0.39 is 0 Å². The molecular weight excluding hydrogens is 248 g/mol. The minimum atomic E-state index is -0.214. The van der Waals surface area contributed by atoms with Crippen LogP contribution in [0.2, 0.25) is 0 Å². The minimum absolute atomic E-state index is 0.214. The van der Waals surface area contributed by atoms with Crippen LogP contribution in [-0.2, 0) is 6.42 Å². The van der Waals surface area contributed by atoms with Crippen molar-refractivity contribution in [1.82, 2.24) is 4.98 Å². The van der Waals surface area contributed by atoms with E-state index in [1.807, 2.05) is 18.2 Å². The zero-order valence-corrected chi connectivity index (χ0v) is 11.0. The molecule has 86 valence electrons. The van der Waals surface area contributed by atoms with Crippen LogP contribution >= 0.6 is 23.1 Å². The Morgan fingerprint density at radius 1 is 1.41 bits per heavy atom. The van der Waals surface area contributed by atoms with Gasteiger partial charge in [-0.25, -0.2) is 4.98 Å². The van der Waals surface area contributed by atoms with Gasteiger partial charge in [0.2, 0.25) is 0 Å². The van der Waals surface area contributed by atoms with Gasteiger partial charge in [0.1, 0.15) is 4.75 Å². The van der Waals surface area contributed by atoms with Gasteiger partial charge in [-0.3, -0.25) is 0 Å². The number of nitriles is 1. The van der Waals surface area contributed by atoms with Gasteiger partial charge in [0, 0.05) is 6.42 Å². The van der Waals surface area contributed by atoms with Crippen LogP contribution in [0, 0.1) is 11.3 Å². The molecule has 1 aromatic carbocycles. The molecule has 2 heterocycles. The van der Waals surface area contributed by atoms with E-state index in [-0.39, 0.29) is 4.75 Å². The molecule has 2 aromatic rings. The molecule has 1 aromatic heterocycles. The Morgan fingerprint density at radius 3 is 3.00 bits per heavy atom. The minimum Gasteiger partial charge on any atom is -0.241 e. The first kappa shape index (κ1) is 11.1. The summed E-state index contributed by atoms with van der Waals surface area (Å²) in [6.45, 7) is 0. The van der Waals surface area contributed by atoms with Gasteiger partial charge in [-0.15, -0.1) is 23.1 Å². The van der Waals surface area contributed by atoms with Crippen LogP contribution in [0.3, 0.4) is 0 Å². The molecule has 0 amide bonds. The maximum Gasteiger partial charge on any atom is 0.109 e. The third kappa shape index (κ3) is 2.05. The Balaban J connectivity index is 1.92. The summed E-state index contributed by atoms with van der Waals surface area (Å²) in [7, 11) is 0. The van der Waals surface area contributed by atoms with Crippen LogP contribution in [0.15, 0.2) is 24.3 Å². The summed E-state index contributed by atoms with van der Waals surface area (Å²) in [6.07, 6.45) is 2.96. The molecule has 1 unspecified atom stereocenters. The van der Waals surface area contributed by atoms with Crippen molar-refractivity contribution in [2.45, 2.75) is 24.0 Å². The second kappa shape index (κ2) is 4.32. The molecule has 0 aliphatic carbocycles. The highest BCUT2D eigenvalue weighted by atomic mass is 32.2. The van der Waals surface area contributed by atoms with Crippen LogP contribution in [0.5, 0.6) is 0 Å². The predicted molar refractivity (Wildman–Crippen MR) is 73.4 cm³/mol. The number of fused-ring (bicyclic) bond motifs is 1. The third-order valence-electron chi connectivity index (χ3n) is 3.08. The lowest BCUT2D eigenvalue weighted by Crippen LogP contribution is -2.21. The molecule has 17 heavy (non-hydrogen) atoms. The monoisotopic (exact) mass is 260 g/mol. The first-order valence-corrected chi connectivity index (χ1v) is 7.51. The van der Waals surface area contributed by atoms with Gasteiger partial charge in [-0.05, 0) is 30.7 Å². The normalized spacial score (nSPS) is 23.9. The molecule has 1 fully saturated rings. The van der Waals surface area contributed by atoms with Crippen molar-refractivity contribution in [3.05, 3.63) is 29.3 Å². The lowest BCUT2D eigenvalue weighted by Gasteiger charge is -2.16. The molecule has 0 bridgehead atoms. The van der Waals surface area contributed by atoms with Gasteiger partial charge in [0.15, 0.2) is 0 Å². The third-order valence-corrected chi connectivity index (χ3v) is 5.60. The fourth-order valence-electron chi connectivity index (χ4n) is 2.20. The number of para-hydroxylation sites is 1. The Bertz CT molecular complexity index is 543. The smallest absolute Gasteiger partial charge is 0.109 e. The number of thiazole rings is 1. The zero-order chi connectivity index (χ0) is 11.7. The molecule has 1 saturated heterocycles. The summed E-state index contributed by atoms with van der Waals surface area (Å²) >= 11 is 3.52. The Morgan fingerprint density at radius 2 is 2.29 bits per heavy atom. The lowest BCUT2D eigenvalue weighted by molar-refractivity contribution is 0.670. The first-order chi connectivity index (χ1) is 8.31. The maximum absolute atomic E-state index is 9.36. The molecule has 1 aliphatic heterocycles. The van der Waals surface area contributed by atoms with E-state index in [2.05, 4.69) is 17.1 Å². The van der Waals surface area contributed by atoms with Gasteiger partial charge in [0.25, 0.3) is 0 Å². The fraction of sp³-hybridized carbons (Fsp3) is 0.385. The van der Waals surface area contributed by atoms with Crippen molar-refractivity contribution in [3.8, 4) is 6.07 Å². The number of nitrogens with zero attached hydrogens (tertiary/aromatic N) is 2. The first-order valence-electron chi connectivity index (χ1n) is 5.71. The number of rotatable bonds is 2. The van der Waals surface area contributed by atoms with Gasteiger partial charge < -0.3 is 0 Å². The molecule has 0 spiro atoms. The van der Waals surface area contributed by atoms with E-state index in [1.165, 1.54) is 4.70 Å². The van der Waals surface area contributed by atoms with Crippen molar-refractivity contribution in [1.29, 1.82) is 5.26 Å². The van der Waals surface area contributed by atoms with Crippen molar-refractivity contribution in [2.24, 2.45) is 0 Å². The second-order valence-electron chi connectivity index (χ2n) is 4.31. The lowest BCUT2D eigenvalue weighted by atomic mass is 10.0. The summed E-state index contributed by atoms with van der Waals surface area (Å²) in [5.41, 5.74) is 1.06. The predicted octanol–water partition coefficient (Wildman–Crippen LogP) is 3.63. The fourth-order valence-corrected chi connectivity index (χ4v) is 4.65. The van der Waals surface area contributed by atoms with E-state index in [1.54, 1.807) is 23.1 Å². The van der Waals surface area contributed by atoms with Crippen LogP contribution in [0.25, 0.3) is 10.2 Å². The average Bonchev–Trinajstić information content (AvgIpc) is 2.95. The Hall–Kier alpha value is -1.05. The van der Waals surface area contributed by atoms with Gasteiger partial charge in [0.05, 0.1) is 21.3 Å². The number of hydrogen-bond acceptors (Lipinski definition) is 4. The van der Waals surface area contributed by atoms with E-state index in [0.29, 0.717) is 0 Å². The van der Waals surface area contributed by atoms with Crippen molar-refractivity contribution < 1.29 is 0 Å². The summed E-state index contributed by atoms with van der Waals surface area (Å²) in [5.74, 6) is 1.11. The van der Waals surface area contributed by atoms with Gasteiger partial charge in [-0.2, -0.15) is 5.26 Å². The van der Waals surface area contributed by atoms with Crippen LogP contribution in [0.4, 0.5) is 0 Å². The number of benzene rings is 1. The number of thioether (sulfide) groups is 1. The van der Waals surface area contributed by atoms with Crippen LogP contribution in [-0.4, -0.2) is 15.5 Å². The topological polar surface area (TPSA) is 36.7 Å². The van der Waals surface area contributed by atoms with E-state index in [0.717, 1.165) is 35.5 Å². The maximum atomic E-state index is 9.36. The molecule has 0 N–H and O–H groups in total. The SMILES string of the molecule is N#CC1(Cc2nc3ccccc3s2)CCCS1. The molecule has 0 saturated carbocycles. The highest BCUT2D eigenvalue weighted by molar-refractivity contribution is 8.01. The van der Waals surface area contributed by atoms with E-state index >= 15 is 0 Å². The summed E-state index contributed by atoms with van der Waals surface area (Å²) in [5, 5.41) is 10.5. The standard InChI is InChI=1S/C13H12N2S2/c14-9-13(6-3-7-16-13)8-12-15-10-4-1-2-5-11(10)17-12/h1-2,4-5H,3,6-8H2. The van der Waals surface area contributed by atoms with E-state index in [4.69, 9.17) is 0 Å². The Kier molecular flexibility index (Phi) is 2.81. The number of aromatic nitrogens is 1. The second-order valence-corrected chi connectivity index (χ2v) is 6.90. The molecule has 4 heteroatoms. The molecule has 3 rings (SSSR count). The molecule has 2 nitrogen and oxygen atoms in total. The molecule has 0 radical (unpaired) electrons. The number of hydrogen-bond donors (Lipinski definition) is 0. The van der Waals surface area contributed by atoms with Gasteiger partial charge >= 0.3 is 0 Å². The zero-order valence-electron chi connectivity index (χ0n) is 9.35. The highest BCUT2D eigenvalue weighted by Gasteiger charge is 2.35. The molecular formula is C13H12N2S2. The van der Waals surface area contributed by atoms with E-state index in [9.17, 15) is 5.26 Å². The van der Waals surface area contributed by atoms with Crippen LogP contribution < -0.4 is 0 Å². The summed E-state index contributed by atoms with van der Waals surface area (Å²) in [6, 6.07) is 10.7. The molecule has 1 aliphatic rings. The summed E-state index contributed by atoms with van der Waals surface area (Å²) < 4.78 is 1.01. The van der Waals surface area contributed by atoms with Crippen molar-refractivity contribution in [3.63, 3.8) is 0 Å². The largest absolute Gasteiger partial charge is 0.241 e. The van der Waals surface area contributed by atoms with Gasteiger partial charge in [-0.1, -0.05) is 12.1 Å².